The quantitative estimate of drug-likeness (QED) is 0.157. The topological polar surface area (TPSA) is 100 Å². The summed E-state index contributed by atoms with van der Waals surface area (Å²) in [4.78, 5) is 34.8. The molecule has 0 amide bonds. The summed E-state index contributed by atoms with van der Waals surface area (Å²) in [6.07, 6.45) is 3.78. The molecular formula is C77H55N9. The summed E-state index contributed by atoms with van der Waals surface area (Å²) in [6.45, 7) is 9.27. The summed E-state index contributed by atoms with van der Waals surface area (Å²) >= 11 is 0. The molecule has 0 spiro atoms. The molecule has 0 saturated heterocycles. The standard InChI is InChI=1S/C42H30N4.C35H25N5/c1-42(2)35-21-13-12-20-31(35)32-25-34-33-24-30(27-14-6-3-7-15-27)22-23-37(33)46(38(34)26-36(32)42)41-44-39(28-16-8-4-9-17-28)43-40(45-41)29-18-10-5-11-19-29;1-35(2)28-16-10-9-15-24(28)25-19-26-27-21-36-18-17-30(27)40(31(26)20-29(25)35)34-38-32(22-11-5-3-6-12-22)37-33(39-34)23-13-7-4-8-14-23/h3-26H,1-2H3;3-21H,1-2H3. The number of aromatic nitrogens is 9. The first-order chi connectivity index (χ1) is 42.2. The van der Waals surface area contributed by atoms with E-state index in [1.165, 1.54) is 66.4 Å². The number of pyridine rings is 1. The zero-order chi connectivity index (χ0) is 57.7. The molecule has 408 valence electrons. The normalized spacial score (nSPS) is 13.3. The number of rotatable bonds is 7. The highest BCUT2D eigenvalue weighted by atomic mass is 15.2. The van der Waals surface area contributed by atoms with Crippen molar-refractivity contribution in [3.63, 3.8) is 0 Å². The van der Waals surface area contributed by atoms with E-state index in [1.807, 2.05) is 116 Å². The van der Waals surface area contributed by atoms with Crippen LogP contribution in [0.2, 0.25) is 0 Å². The van der Waals surface area contributed by atoms with Crippen LogP contribution in [0.5, 0.6) is 0 Å². The number of benzene rings is 10. The lowest BCUT2D eigenvalue weighted by atomic mass is 9.82. The van der Waals surface area contributed by atoms with Crippen molar-refractivity contribution >= 4 is 43.6 Å². The fourth-order valence-electron chi connectivity index (χ4n) is 13.3. The Kier molecular flexibility index (Phi) is 11.7. The molecule has 15 aromatic rings. The number of nitrogens with zero attached hydrogens (tertiary/aromatic N) is 9. The molecule has 0 unspecified atom stereocenters. The van der Waals surface area contributed by atoms with Gasteiger partial charge >= 0.3 is 0 Å². The van der Waals surface area contributed by atoms with Gasteiger partial charge in [0.1, 0.15) is 0 Å². The Labute approximate surface area is 497 Å². The first-order valence-electron chi connectivity index (χ1n) is 29.2. The van der Waals surface area contributed by atoms with Crippen LogP contribution in [-0.4, -0.2) is 44.0 Å². The maximum atomic E-state index is 5.16. The van der Waals surface area contributed by atoms with Crippen molar-refractivity contribution in [1.29, 1.82) is 0 Å². The fraction of sp³-hybridized carbons (Fsp3) is 0.0779. The molecule has 0 aliphatic heterocycles. The molecule has 0 radical (unpaired) electrons. The van der Waals surface area contributed by atoms with Gasteiger partial charge in [-0.2, -0.15) is 19.9 Å². The van der Waals surface area contributed by atoms with Crippen molar-refractivity contribution in [3.8, 4) is 90.8 Å². The largest absolute Gasteiger partial charge is 0.278 e. The van der Waals surface area contributed by atoms with Crippen LogP contribution in [0.25, 0.3) is 134 Å². The predicted octanol–water partition coefficient (Wildman–Crippen LogP) is 18.3. The Hall–Kier alpha value is -11.0. The van der Waals surface area contributed by atoms with E-state index in [4.69, 9.17) is 29.9 Å². The van der Waals surface area contributed by atoms with E-state index in [0.717, 1.165) is 55.1 Å². The van der Waals surface area contributed by atoms with Crippen molar-refractivity contribution in [2.45, 2.75) is 38.5 Å². The molecule has 0 fully saturated rings. The van der Waals surface area contributed by atoms with E-state index in [1.54, 1.807) is 0 Å². The molecular weight excluding hydrogens is 1050 g/mol. The Bertz CT molecular complexity index is 5030. The second-order valence-electron chi connectivity index (χ2n) is 23.4. The number of hydrogen-bond acceptors (Lipinski definition) is 7. The van der Waals surface area contributed by atoms with E-state index < -0.39 is 0 Å². The van der Waals surface area contributed by atoms with Gasteiger partial charge in [0.2, 0.25) is 11.9 Å². The minimum atomic E-state index is -0.139. The van der Waals surface area contributed by atoms with Gasteiger partial charge in [0.25, 0.3) is 0 Å². The van der Waals surface area contributed by atoms with Crippen molar-refractivity contribution < 1.29 is 0 Å². The van der Waals surface area contributed by atoms with Crippen LogP contribution in [0.4, 0.5) is 0 Å². The molecule has 9 nitrogen and oxygen atoms in total. The molecule has 0 bridgehead atoms. The molecule has 5 heterocycles. The summed E-state index contributed by atoms with van der Waals surface area (Å²) in [5.74, 6) is 3.77. The van der Waals surface area contributed by atoms with Crippen LogP contribution in [0.1, 0.15) is 49.9 Å². The van der Waals surface area contributed by atoms with Gasteiger partial charge in [-0.15, -0.1) is 0 Å². The molecule has 10 aromatic carbocycles. The average Bonchev–Trinajstić information content (AvgIpc) is 1.69. The minimum absolute atomic E-state index is 0.122. The van der Waals surface area contributed by atoms with Gasteiger partial charge in [-0.05, 0) is 98.1 Å². The summed E-state index contributed by atoms with van der Waals surface area (Å²) in [6, 6.07) is 86.9. The molecule has 2 aliphatic carbocycles. The molecule has 0 N–H and O–H groups in total. The maximum Gasteiger partial charge on any atom is 0.238 e. The lowest BCUT2D eigenvalue weighted by Crippen LogP contribution is -2.15. The first kappa shape index (κ1) is 50.7. The van der Waals surface area contributed by atoms with Crippen LogP contribution in [-0.2, 0) is 10.8 Å². The van der Waals surface area contributed by atoms with Gasteiger partial charge < -0.3 is 0 Å². The van der Waals surface area contributed by atoms with Crippen molar-refractivity contribution in [1.82, 2.24) is 44.0 Å². The van der Waals surface area contributed by atoms with Crippen LogP contribution in [0, 0.1) is 0 Å². The van der Waals surface area contributed by atoms with Gasteiger partial charge in [0.15, 0.2) is 23.3 Å². The Morgan fingerprint density at radius 2 is 0.628 bits per heavy atom. The second-order valence-corrected chi connectivity index (χ2v) is 23.4. The van der Waals surface area contributed by atoms with Crippen molar-refractivity contribution in [2.75, 3.05) is 0 Å². The van der Waals surface area contributed by atoms with Crippen LogP contribution >= 0.6 is 0 Å². The smallest absolute Gasteiger partial charge is 0.238 e. The minimum Gasteiger partial charge on any atom is -0.278 e. The third kappa shape index (κ3) is 8.18. The molecule has 2 aliphatic rings. The first-order valence-corrected chi connectivity index (χ1v) is 29.2. The predicted molar refractivity (Wildman–Crippen MR) is 348 cm³/mol. The monoisotopic (exact) mass is 1110 g/mol. The highest BCUT2D eigenvalue weighted by molar-refractivity contribution is 6.13. The fourth-order valence-corrected chi connectivity index (χ4v) is 13.3. The zero-order valence-electron chi connectivity index (χ0n) is 47.9. The highest BCUT2D eigenvalue weighted by Crippen LogP contribution is 2.53. The maximum absolute atomic E-state index is 5.16. The Balaban J connectivity index is 0.000000141. The molecule has 86 heavy (non-hydrogen) atoms. The summed E-state index contributed by atoms with van der Waals surface area (Å²) in [7, 11) is 0. The Morgan fingerprint density at radius 1 is 0.267 bits per heavy atom. The Morgan fingerprint density at radius 3 is 1.06 bits per heavy atom. The summed E-state index contributed by atoms with van der Waals surface area (Å²) < 4.78 is 4.41. The van der Waals surface area contributed by atoms with Crippen LogP contribution in [0.15, 0.2) is 261 Å². The molecule has 0 atom stereocenters. The summed E-state index contributed by atoms with van der Waals surface area (Å²) in [5, 5.41) is 4.56. The van der Waals surface area contributed by atoms with Crippen LogP contribution in [0.3, 0.4) is 0 Å². The number of hydrogen-bond donors (Lipinski definition) is 0. The average molecular weight is 1110 g/mol. The van der Waals surface area contributed by atoms with E-state index >= 15 is 0 Å². The third-order valence-electron chi connectivity index (χ3n) is 17.6. The molecule has 5 aromatic heterocycles. The van der Waals surface area contributed by atoms with Gasteiger partial charge in [-0.25, -0.2) is 9.97 Å². The van der Waals surface area contributed by atoms with Crippen molar-refractivity contribution in [2.24, 2.45) is 0 Å². The van der Waals surface area contributed by atoms with Gasteiger partial charge in [-0.3, -0.25) is 14.1 Å². The van der Waals surface area contributed by atoms with E-state index in [-0.39, 0.29) is 10.8 Å². The third-order valence-corrected chi connectivity index (χ3v) is 17.6. The van der Waals surface area contributed by atoms with Gasteiger partial charge in [-0.1, -0.05) is 234 Å². The SMILES string of the molecule is CC1(C)c2ccccc2-c2cc3c4cc(-c5ccccc5)ccc4n(-c4nc(-c5ccccc5)nc(-c5ccccc5)n4)c3cc21.CC1(C)c2ccccc2-c2cc3c4cnccc4n(-c4nc(-c5ccccc5)nc(-c5ccccc5)n4)c3cc21. The zero-order valence-corrected chi connectivity index (χ0v) is 47.9. The second kappa shape index (κ2) is 19.8. The van der Waals surface area contributed by atoms with E-state index in [0.29, 0.717) is 35.2 Å². The highest BCUT2D eigenvalue weighted by Gasteiger charge is 2.38. The lowest BCUT2D eigenvalue weighted by Gasteiger charge is -2.21. The lowest BCUT2D eigenvalue weighted by molar-refractivity contribution is 0.660. The summed E-state index contributed by atoms with van der Waals surface area (Å²) in [5.41, 5.74) is 20.6. The number of fused-ring (bicyclic) bond motifs is 12. The van der Waals surface area contributed by atoms with Gasteiger partial charge in [0, 0.05) is 67.0 Å². The van der Waals surface area contributed by atoms with Gasteiger partial charge in [0.05, 0.1) is 22.1 Å². The van der Waals surface area contributed by atoms with Crippen LogP contribution < -0.4 is 0 Å². The van der Waals surface area contributed by atoms with E-state index in [9.17, 15) is 0 Å². The molecule has 0 saturated carbocycles. The molecule has 17 rings (SSSR count). The molecule has 9 heteroatoms. The van der Waals surface area contributed by atoms with E-state index in [2.05, 4.69) is 187 Å². The van der Waals surface area contributed by atoms with Crippen molar-refractivity contribution in [3.05, 3.63) is 283 Å².